The molecule has 0 unspecified atom stereocenters. The summed E-state index contributed by atoms with van der Waals surface area (Å²) < 4.78 is 1.72. The molecule has 0 fully saturated rings. The SMILES string of the molecule is Cc1sc(=O)n(CCN)c1C. The van der Waals surface area contributed by atoms with Crippen molar-refractivity contribution in [2.24, 2.45) is 5.73 Å². The van der Waals surface area contributed by atoms with E-state index in [4.69, 9.17) is 5.73 Å². The first kappa shape index (κ1) is 8.49. The van der Waals surface area contributed by atoms with Gasteiger partial charge in [0.15, 0.2) is 0 Å². The van der Waals surface area contributed by atoms with Crippen molar-refractivity contribution in [3.05, 3.63) is 20.2 Å². The van der Waals surface area contributed by atoms with Gasteiger partial charge in [0, 0.05) is 23.7 Å². The Morgan fingerprint density at radius 3 is 2.55 bits per heavy atom. The molecule has 0 radical (unpaired) electrons. The molecule has 3 nitrogen and oxygen atoms in total. The summed E-state index contributed by atoms with van der Waals surface area (Å²) in [5.41, 5.74) is 6.40. The number of hydrogen-bond acceptors (Lipinski definition) is 3. The van der Waals surface area contributed by atoms with Gasteiger partial charge in [0.2, 0.25) is 0 Å². The second-order valence-corrected chi connectivity index (χ2v) is 3.62. The van der Waals surface area contributed by atoms with E-state index in [-0.39, 0.29) is 4.87 Å². The first-order valence-electron chi connectivity index (χ1n) is 3.53. The second kappa shape index (κ2) is 3.19. The van der Waals surface area contributed by atoms with Crippen LogP contribution in [0.2, 0.25) is 0 Å². The molecule has 0 amide bonds. The number of aryl methyl sites for hydroxylation is 1. The summed E-state index contributed by atoms with van der Waals surface area (Å²) in [5.74, 6) is 0. The van der Waals surface area contributed by atoms with E-state index < -0.39 is 0 Å². The third kappa shape index (κ3) is 1.52. The van der Waals surface area contributed by atoms with Crippen molar-refractivity contribution in [1.29, 1.82) is 0 Å². The number of nitrogens with zero attached hydrogens (tertiary/aromatic N) is 1. The maximum Gasteiger partial charge on any atom is 0.307 e. The van der Waals surface area contributed by atoms with Gasteiger partial charge >= 0.3 is 4.87 Å². The first-order valence-corrected chi connectivity index (χ1v) is 4.35. The van der Waals surface area contributed by atoms with Crippen LogP contribution >= 0.6 is 11.3 Å². The molecule has 1 aromatic heterocycles. The van der Waals surface area contributed by atoms with Crippen LogP contribution in [0, 0.1) is 13.8 Å². The lowest BCUT2D eigenvalue weighted by atomic mass is 10.4. The van der Waals surface area contributed by atoms with Gasteiger partial charge in [0.1, 0.15) is 0 Å². The molecule has 0 aliphatic carbocycles. The fourth-order valence-corrected chi connectivity index (χ4v) is 1.83. The molecule has 0 spiro atoms. The highest BCUT2D eigenvalue weighted by Gasteiger charge is 2.04. The lowest BCUT2D eigenvalue weighted by molar-refractivity contribution is 0.675. The molecule has 0 bridgehead atoms. The van der Waals surface area contributed by atoms with Crippen molar-refractivity contribution in [1.82, 2.24) is 4.57 Å². The minimum Gasteiger partial charge on any atom is -0.329 e. The molecule has 11 heavy (non-hydrogen) atoms. The Kier molecular flexibility index (Phi) is 2.46. The molecule has 1 rings (SSSR count). The first-order chi connectivity index (χ1) is 5.16. The van der Waals surface area contributed by atoms with Crippen LogP contribution in [0.3, 0.4) is 0 Å². The topological polar surface area (TPSA) is 48.0 Å². The predicted molar refractivity (Wildman–Crippen MR) is 47.1 cm³/mol. The van der Waals surface area contributed by atoms with Gasteiger partial charge < -0.3 is 10.3 Å². The van der Waals surface area contributed by atoms with Crippen molar-refractivity contribution in [2.45, 2.75) is 20.4 Å². The lowest BCUT2D eigenvalue weighted by Gasteiger charge is -2.00. The van der Waals surface area contributed by atoms with E-state index in [0.29, 0.717) is 13.1 Å². The molecule has 1 heterocycles. The number of hydrogen-bond donors (Lipinski definition) is 1. The van der Waals surface area contributed by atoms with Crippen LogP contribution in [-0.4, -0.2) is 11.1 Å². The Bertz CT molecular complexity index is 300. The van der Waals surface area contributed by atoms with Gasteiger partial charge in [-0.15, -0.1) is 0 Å². The molecule has 1 aromatic rings. The second-order valence-electron chi connectivity index (χ2n) is 2.45. The monoisotopic (exact) mass is 172 g/mol. The van der Waals surface area contributed by atoms with Gasteiger partial charge in [-0.2, -0.15) is 0 Å². The summed E-state index contributed by atoms with van der Waals surface area (Å²) in [4.78, 5) is 12.4. The Hall–Kier alpha value is -0.610. The summed E-state index contributed by atoms with van der Waals surface area (Å²) in [6, 6.07) is 0. The standard InChI is InChI=1S/C7H12N2OS/c1-5-6(2)11-7(10)9(5)4-3-8/h3-4,8H2,1-2H3. The fraction of sp³-hybridized carbons (Fsp3) is 0.571. The van der Waals surface area contributed by atoms with Gasteiger partial charge in [-0.3, -0.25) is 4.79 Å². The smallest absolute Gasteiger partial charge is 0.307 e. The predicted octanol–water partition coefficient (Wildman–Crippen LogP) is 0.485. The van der Waals surface area contributed by atoms with Crippen molar-refractivity contribution in [3.63, 3.8) is 0 Å². The molecular weight excluding hydrogens is 160 g/mol. The molecule has 0 aliphatic rings. The average Bonchev–Trinajstić information content (AvgIpc) is 2.17. The van der Waals surface area contributed by atoms with Gasteiger partial charge in [-0.25, -0.2) is 0 Å². The highest BCUT2D eigenvalue weighted by Crippen LogP contribution is 2.08. The van der Waals surface area contributed by atoms with Gasteiger partial charge in [-0.05, 0) is 13.8 Å². The molecule has 0 aliphatic heterocycles. The van der Waals surface area contributed by atoms with Gasteiger partial charge in [0.25, 0.3) is 0 Å². The summed E-state index contributed by atoms with van der Waals surface area (Å²) >= 11 is 1.29. The van der Waals surface area contributed by atoms with Crippen LogP contribution in [0.1, 0.15) is 10.6 Å². The van der Waals surface area contributed by atoms with Crippen LogP contribution in [0.25, 0.3) is 0 Å². The van der Waals surface area contributed by atoms with E-state index in [1.54, 1.807) is 4.57 Å². The third-order valence-corrected chi connectivity index (χ3v) is 2.72. The highest BCUT2D eigenvalue weighted by atomic mass is 32.1. The number of rotatable bonds is 2. The minimum atomic E-state index is 0.102. The van der Waals surface area contributed by atoms with E-state index in [2.05, 4.69) is 0 Å². The highest BCUT2D eigenvalue weighted by molar-refractivity contribution is 7.09. The van der Waals surface area contributed by atoms with Crippen LogP contribution < -0.4 is 10.6 Å². The molecule has 0 atom stereocenters. The molecule has 0 saturated heterocycles. The largest absolute Gasteiger partial charge is 0.329 e. The summed E-state index contributed by atoms with van der Waals surface area (Å²) in [6.45, 7) is 5.06. The molecule has 2 N–H and O–H groups in total. The summed E-state index contributed by atoms with van der Waals surface area (Å²) in [6.07, 6.45) is 0. The van der Waals surface area contributed by atoms with E-state index >= 15 is 0 Å². The van der Waals surface area contributed by atoms with Gasteiger partial charge in [-0.1, -0.05) is 11.3 Å². The van der Waals surface area contributed by atoms with E-state index in [0.717, 1.165) is 10.6 Å². The molecule has 62 valence electrons. The molecule has 0 saturated carbocycles. The number of nitrogens with two attached hydrogens (primary N) is 1. The lowest BCUT2D eigenvalue weighted by Crippen LogP contribution is -2.20. The summed E-state index contributed by atoms with van der Waals surface area (Å²) in [7, 11) is 0. The van der Waals surface area contributed by atoms with E-state index in [1.807, 2.05) is 13.8 Å². The Morgan fingerprint density at radius 2 is 2.18 bits per heavy atom. The molecule has 4 heteroatoms. The molecule has 0 aromatic carbocycles. The van der Waals surface area contributed by atoms with Crippen molar-refractivity contribution < 1.29 is 0 Å². The summed E-state index contributed by atoms with van der Waals surface area (Å²) in [5, 5.41) is 0. The third-order valence-electron chi connectivity index (χ3n) is 1.73. The van der Waals surface area contributed by atoms with Crippen LogP contribution in [0.15, 0.2) is 4.79 Å². The van der Waals surface area contributed by atoms with Crippen molar-refractivity contribution >= 4 is 11.3 Å². The molecular formula is C7H12N2OS. The normalized spacial score (nSPS) is 10.5. The fourth-order valence-electron chi connectivity index (χ4n) is 0.975. The quantitative estimate of drug-likeness (QED) is 0.705. The number of thiazole rings is 1. The van der Waals surface area contributed by atoms with Crippen LogP contribution in [0.5, 0.6) is 0 Å². The Morgan fingerprint density at radius 1 is 1.55 bits per heavy atom. The van der Waals surface area contributed by atoms with Crippen molar-refractivity contribution in [2.75, 3.05) is 6.54 Å². The average molecular weight is 172 g/mol. The van der Waals surface area contributed by atoms with E-state index in [1.165, 1.54) is 11.3 Å². The van der Waals surface area contributed by atoms with Crippen LogP contribution in [-0.2, 0) is 6.54 Å². The maximum atomic E-state index is 11.2. The Labute approximate surface area is 69.5 Å². The number of aromatic nitrogens is 1. The van der Waals surface area contributed by atoms with Gasteiger partial charge in [0.05, 0.1) is 0 Å². The minimum absolute atomic E-state index is 0.102. The van der Waals surface area contributed by atoms with Crippen molar-refractivity contribution in [3.8, 4) is 0 Å². The zero-order chi connectivity index (χ0) is 8.43. The van der Waals surface area contributed by atoms with E-state index in [9.17, 15) is 4.79 Å². The van der Waals surface area contributed by atoms with Crippen LogP contribution in [0.4, 0.5) is 0 Å². The maximum absolute atomic E-state index is 11.2. The Balaban J connectivity index is 3.12. The zero-order valence-electron chi connectivity index (χ0n) is 6.76. The zero-order valence-corrected chi connectivity index (χ0v) is 7.57.